The molecule has 3 rings (SSSR count). The van der Waals surface area contributed by atoms with E-state index < -0.39 is 5.97 Å². The van der Waals surface area contributed by atoms with Gasteiger partial charge in [-0.25, -0.2) is 9.78 Å². The summed E-state index contributed by atoms with van der Waals surface area (Å²) in [5, 5.41) is 2.76. The molecule has 0 unspecified atom stereocenters. The molecule has 27 heavy (non-hydrogen) atoms. The van der Waals surface area contributed by atoms with E-state index in [0.29, 0.717) is 23.4 Å². The number of ether oxygens (including phenoxy) is 2. The summed E-state index contributed by atoms with van der Waals surface area (Å²) in [7, 11) is 0. The van der Waals surface area contributed by atoms with Crippen molar-refractivity contribution in [1.29, 1.82) is 0 Å². The smallest absolute Gasteiger partial charge is 0.344 e. The number of benzene rings is 2. The highest BCUT2D eigenvalue weighted by Crippen LogP contribution is 2.23. The van der Waals surface area contributed by atoms with Gasteiger partial charge in [0.1, 0.15) is 17.4 Å². The number of rotatable bonds is 8. The summed E-state index contributed by atoms with van der Waals surface area (Å²) in [6.45, 7) is 1.72. The molecule has 0 atom stereocenters. The second-order valence-corrected chi connectivity index (χ2v) is 6.62. The van der Waals surface area contributed by atoms with Gasteiger partial charge in [0, 0.05) is 22.9 Å². The van der Waals surface area contributed by atoms with Gasteiger partial charge in [-0.1, -0.05) is 37.3 Å². The van der Waals surface area contributed by atoms with Crippen molar-refractivity contribution in [1.82, 2.24) is 4.98 Å². The van der Waals surface area contributed by atoms with Gasteiger partial charge in [-0.3, -0.25) is 4.79 Å². The topological polar surface area (TPSA) is 65.5 Å². The van der Waals surface area contributed by atoms with Gasteiger partial charge in [0.05, 0.1) is 5.69 Å². The Kier molecular flexibility index (Phi) is 6.33. The molecule has 0 amide bonds. The summed E-state index contributed by atoms with van der Waals surface area (Å²) in [5.41, 5.74) is 2.37. The van der Waals surface area contributed by atoms with Gasteiger partial charge in [0.25, 0.3) is 0 Å². The first-order chi connectivity index (χ1) is 13.2. The summed E-state index contributed by atoms with van der Waals surface area (Å²) in [4.78, 5) is 27.9. The molecule has 0 aliphatic carbocycles. The zero-order valence-corrected chi connectivity index (χ0v) is 15.7. The van der Waals surface area contributed by atoms with Crippen LogP contribution in [0.5, 0.6) is 5.75 Å². The Balaban J connectivity index is 1.46. The molecule has 0 radical (unpaired) electrons. The number of Topliss-reactive ketones (excluding diaryl/α,β-unsaturated/α-hetero) is 1. The van der Waals surface area contributed by atoms with E-state index in [-0.39, 0.29) is 19.0 Å². The van der Waals surface area contributed by atoms with Gasteiger partial charge in [-0.05, 0) is 24.3 Å². The molecule has 0 fully saturated rings. The normalized spacial score (nSPS) is 10.4. The van der Waals surface area contributed by atoms with Gasteiger partial charge in [0.2, 0.25) is 0 Å². The van der Waals surface area contributed by atoms with Crippen molar-refractivity contribution in [2.75, 3.05) is 6.61 Å². The lowest BCUT2D eigenvalue weighted by Gasteiger charge is -2.07. The lowest BCUT2D eigenvalue weighted by molar-refractivity contribution is -0.147. The number of aromatic nitrogens is 1. The van der Waals surface area contributed by atoms with Crippen LogP contribution < -0.4 is 4.74 Å². The van der Waals surface area contributed by atoms with Gasteiger partial charge in [0.15, 0.2) is 12.4 Å². The van der Waals surface area contributed by atoms with E-state index in [9.17, 15) is 9.59 Å². The predicted molar refractivity (Wildman–Crippen MR) is 104 cm³/mol. The summed E-state index contributed by atoms with van der Waals surface area (Å²) < 4.78 is 10.6. The average molecular weight is 381 g/mol. The maximum Gasteiger partial charge on any atom is 0.344 e. The maximum absolute atomic E-state index is 11.9. The van der Waals surface area contributed by atoms with Crippen LogP contribution in [0.1, 0.15) is 29.4 Å². The Morgan fingerprint density at radius 1 is 1.04 bits per heavy atom. The second-order valence-electron chi connectivity index (χ2n) is 5.76. The fourth-order valence-electron chi connectivity index (χ4n) is 2.37. The Labute approximate surface area is 161 Å². The van der Waals surface area contributed by atoms with Crippen LogP contribution in [0.25, 0.3) is 10.6 Å². The standard InChI is InChI=1S/C21H19NO4S/c1-2-19(23)15-8-10-18(11-9-15)25-13-20(24)26-12-17-14-27-21(22-17)16-6-4-3-5-7-16/h3-11,14H,2,12-13H2,1H3. The van der Waals surface area contributed by atoms with E-state index in [0.717, 1.165) is 10.6 Å². The monoisotopic (exact) mass is 381 g/mol. The third-order valence-electron chi connectivity index (χ3n) is 3.81. The third-order valence-corrected chi connectivity index (χ3v) is 4.75. The van der Waals surface area contributed by atoms with Crippen molar-refractivity contribution in [3.63, 3.8) is 0 Å². The molecule has 0 spiro atoms. The Hall–Kier alpha value is -2.99. The largest absolute Gasteiger partial charge is 0.482 e. The van der Waals surface area contributed by atoms with Crippen LogP contribution in [0.3, 0.4) is 0 Å². The van der Waals surface area contributed by atoms with Gasteiger partial charge >= 0.3 is 5.97 Å². The van der Waals surface area contributed by atoms with E-state index in [1.54, 1.807) is 24.3 Å². The minimum Gasteiger partial charge on any atom is -0.482 e. The molecule has 0 aliphatic rings. The summed E-state index contributed by atoms with van der Waals surface area (Å²) in [5.74, 6) is 0.108. The highest BCUT2D eigenvalue weighted by atomic mass is 32.1. The molecule has 0 saturated carbocycles. The van der Waals surface area contributed by atoms with Gasteiger partial charge < -0.3 is 9.47 Å². The van der Waals surface area contributed by atoms with Crippen LogP contribution >= 0.6 is 11.3 Å². The van der Waals surface area contributed by atoms with Crippen LogP contribution in [0.2, 0.25) is 0 Å². The van der Waals surface area contributed by atoms with Crippen LogP contribution in [-0.2, 0) is 16.1 Å². The fraction of sp³-hybridized carbons (Fsp3) is 0.190. The highest BCUT2D eigenvalue weighted by Gasteiger charge is 2.09. The first kappa shape index (κ1) is 18.8. The molecule has 0 aliphatic heterocycles. The van der Waals surface area contributed by atoms with Crippen molar-refractivity contribution in [3.8, 4) is 16.3 Å². The molecular formula is C21H19NO4S. The summed E-state index contributed by atoms with van der Waals surface area (Å²) in [6.07, 6.45) is 0.454. The average Bonchev–Trinajstić information content (AvgIpc) is 3.20. The van der Waals surface area contributed by atoms with Crippen molar-refractivity contribution in [3.05, 3.63) is 71.2 Å². The Morgan fingerprint density at radius 3 is 2.48 bits per heavy atom. The number of esters is 1. The van der Waals surface area contributed by atoms with Gasteiger partial charge in [-0.2, -0.15) is 0 Å². The Bertz CT molecular complexity index is 903. The molecule has 6 heteroatoms. The number of ketones is 1. The lowest BCUT2D eigenvalue weighted by atomic mass is 10.1. The number of nitrogens with zero attached hydrogens (tertiary/aromatic N) is 1. The molecule has 1 heterocycles. The van der Waals surface area contributed by atoms with Crippen LogP contribution in [0, 0.1) is 0 Å². The van der Waals surface area contributed by atoms with Crippen LogP contribution in [-0.4, -0.2) is 23.3 Å². The molecule has 1 aromatic heterocycles. The van der Waals surface area contributed by atoms with E-state index in [1.807, 2.05) is 42.6 Å². The maximum atomic E-state index is 11.9. The molecule has 5 nitrogen and oxygen atoms in total. The zero-order chi connectivity index (χ0) is 19.1. The van der Waals surface area contributed by atoms with Gasteiger partial charge in [-0.15, -0.1) is 11.3 Å². The van der Waals surface area contributed by atoms with E-state index in [1.165, 1.54) is 11.3 Å². The lowest BCUT2D eigenvalue weighted by Crippen LogP contribution is -2.14. The summed E-state index contributed by atoms with van der Waals surface area (Å²) >= 11 is 1.51. The molecule has 3 aromatic rings. The first-order valence-electron chi connectivity index (χ1n) is 8.57. The minimum atomic E-state index is -0.474. The van der Waals surface area contributed by atoms with Crippen LogP contribution in [0.4, 0.5) is 0 Å². The zero-order valence-electron chi connectivity index (χ0n) is 14.9. The number of thiazole rings is 1. The van der Waals surface area contributed by atoms with E-state index >= 15 is 0 Å². The number of hydrogen-bond donors (Lipinski definition) is 0. The number of carbonyl (C=O) groups excluding carboxylic acids is 2. The molecule has 0 N–H and O–H groups in total. The third kappa shape index (κ3) is 5.24. The molecule has 0 saturated heterocycles. The number of carbonyl (C=O) groups is 2. The van der Waals surface area contributed by atoms with Crippen molar-refractivity contribution in [2.45, 2.75) is 20.0 Å². The van der Waals surface area contributed by atoms with Crippen molar-refractivity contribution >= 4 is 23.1 Å². The van der Waals surface area contributed by atoms with E-state index in [2.05, 4.69) is 4.98 Å². The first-order valence-corrected chi connectivity index (χ1v) is 9.45. The van der Waals surface area contributed by atoms with Crippen molar-refractivity contribution < 1.29 is 19.1 Å². The molecule has 2 aromatic carbocycles. The fourth-order valence-corrected chi connectivity index (χ4v) is 3.18. The highest BCUT2D eigenvalue weighted by molar-refractivity contribution is 7.13. The van der Waals surface area contributed by atoms with Crippen molar-refractivity contribution in [2.24, 2.45) is 0 Å². The van der Waals surface area contributed by atoms with E-state index in [4.69, 9.17) is 9.47 Å². The predicted octanol–water partition coefficient (Wildman–Crippen LogP) is 4.53. The quantitative estimate of drug-likeness (QED) is 0.424. The molecular weight excluding hydrogens is 362 g/mol. The minimum absolute atomic E-state index is 0.0686. The number of hydrogen-bond acceptors (Lipinski definition) is 6. The second kappa shape index (κ2) is 9.09. The molecule has 0 bridgehead atoms. The summed E-state index contributed by atoms with van der Waals surface area (Å²) in [6, 6.07) is 16.6. The SMILES string of the molecule is CCC(=O)c1ccc(OCC(=O)OCc2csc(-c3ccccc3)n2)cc1. The Morgan fingerprint density at radius 2 is 1.78 bits per heavy atom. The molecule has 138 valence electrons. The van der Waals surface area contributed by atoms with Crippen LogP contribution in [0.15, 0.2) is 60.0 Å².